The summed E-state index contributed by atoms with van der Waals surface area (Å²) in [5.74, 6) is -2.48. The van der Waals surface area contributed by atoms with Crippen LogP contribution in [0.3, 0.4) is 0 Å². The highest BCUT2D eigenvalue weighted by molar-refractivity contribution is 6.04. The molecule has 200 valence electrons. The molecule has 0 aliphatic heterocycles. The van der Waals surface area contributed by atoms with Crippen LogP contribution in [0.15, 0.2) is 48.8 Å². The molecule has 2 atom stereocenters. The molecule has 0 saturated heterocycles. The zero-order chi connectivity index (χ0) is 27.4. The number of hydrogen-bond donors (Lipinski definition) is 5. The van der Waals surface area contributed by atoms with Crippen molar-refractivity contribution in [1.82, 2.24) is 9.97 Å². The Hall–Kier alpha value is -4.26. The van der Waals surface area contributed by atoms with Gasteiger partial charge < -0.3 is 27.4 Å². The summed E-state index contributed by atoms with van der Waals surface area (Å²) in [5.41, 5.74) is 11.0. The van der Waals surface area contributed by atoms with Gasteiger partial charge in [0.2, 0.25) is 0 Å². The van der Waals surface area contributed by atoms with Crippen LogP contribution in [0.2, 0.25) is 0 Å². The van der Waals surface area contributed by atoms with E-state index in [9.17, 15) is 27.2 Å². The lowest BCUT2D eigenvalue weighted by Gasteiger charge is -2.30. The summed E-state index contributed by atoms with van der Waals surface area (Å²) in [6.07, 6.45) is 1.63. The summed E-state index contributed by atoms with van der Waals surface area (Å²) in [5, 5.41) is 8.41. The van der Waals surface area contributed by atoms with E-state index in [2.05, 4.69) is 25.9 Å². The molecule has 2 heterocycles. The number of nitrogens with one attached hydrogen (secondary N) is 3. The van der Waals surface area contributed by atoms with E-state index in [1.807, 2.05) is 0 Å². The van der Waals surface area contributed by atoms with Crippen molar-refractivity contribution in [2.24, 2.45) is 11.5 Å². The van der Waals surface area contributed by atoms with Gasteiger partial charge >= 0.3 is 6.18 Å². The van der Waals surface area contributed by atoms with Crippen LogP contribution in [0.5, 0.6) is 0 Å². The third-order valence-electron chi connectivity index (χ3n) is 6.12. The van der Waals surface area contributed by atoms with Gasteiger partial charge in [-0.15, -0.1) is 0 Å². The molecular weight excluding hydrogens is 506 g/mol. The highest BCUT2D eigenvalue weighted by Gasteiger charge is 2.30. The van der Waals surface area contributed by atoms with Gasteiger partial charge in [-0.05, 0) is 49.2 Å². The zero-order valence-electron chi connectivity index (χ0n) is 20.0. The first-order valence-corrected chi connectivity index (χ1v) is 11.7. The lowest BCUT2D eigenvalue weighted by Crippen LogP contribution is -2.43. The molecule has 1 fully saturated rings. The van der Waals surface area contributed by atoms with E-state index in [1.54, 1.807) is 0 Å². The number of nitrogens with two attached hydrogens (primary N) is 2. The SMILES string of the molecule is NC(=O)c1cc(F)c(N[C@@H]2CCCCC2N)nc1Nc1cncc(NC(=O)c2ccc(C(F)(F)F)cc2)c1. The van der Waals surface area contributed by atoms with Gasteiger partial charge in [-0.25, -0.2) is 9.37 Å². The molecule has 1 aliphatic rings. The third kappa shape index (κ3) is 6.35. The molecule has 1 unspecified atom stereocenters. The molecule has 0 spiro atoms. The first kappa shape index (κ1) is 26.8. The number of pyridine rings is 2. The minimum absolute atomic E-state index is 0.00390. The minimum Gasteiger partial charge on any atom is -0.365 e. The standard InChI is InChI=1S/C25H25F4N7O2/c26-18-10-17(21(31)37)22(36-23(18)35-20-4-2-1-3-19(20)30)33-15-9-16(12-32-11-15)34-24(38)13-5-7-14(8-6-13)25(27,28)29/h5-12,19-20H,1-4,30H2,(H2,31,37)(H,34,38)(H2,33,35,36)/t19?,20-/m1/s1. The first-order chi connectivity index (χ1) is 18.0. The summed E-state index contributed by atoms with van der Waals surface area (Å²) in [6, 6.07) is 5.79. The Bertz CT molecular complexity index is 1330. The van der Waals surface area contributed by atoms with E-state index in [0.29, 0.717) is 0 Å². The molecule has 7 N–H and O–H groups in total. The molecule has 1 aliphatic carbocycles. The van der Waals surface area contributed by atoms with Crippen molar-refractivity contribution >= 4 is 34.8 Å². The summed E-state index contributed by atoms with van der Waals surface area (Å²) in [7, 11) is 0. The Morgan fingerprint density at radius 1 is 0.974 bits per heavy atom. The van der Waals surface area contributed by atoms with Gasteiger partial charge in [0, 0.05) is 17.6 Å². The van der Waals surface area contributed by atoms with E-state index < -0.39 is 29.4 Å². The average molecular weight is 532 g/mol. The Balaban J connectivity index is 1.53. The predicted octanol–water partition coefficient (Wildman–Crippen LogP) is 4.41. The quantitative estimate of drug-likeness (QED) is 0.284. The third-order valence-corrected chi connectivity index (χ3v) is 6.12. The number of benzene rings is 1. The average Bonchev–Trinajstić information content (AvgIpc) is 2.86. The van der Waals surface area contributed by atoms with Gasteiger partial charge in [-0.2, -0.15) is 13.2 Å². The maximum atomic E-state index is 14.7. The maximum Gasteiger partial charge on any atom is 0.416 e. The normalized spacial score (nSPS) is 17.5. The summed E-state index contributed by atoms with van der Waals surface area (Å²) >= 11 is 0. The number of carbonyl (C=O) groups is 2. The number of rotatable bonds is 7. The molecule has 1 aromatic carbocycles. The molecule has 4 rings (SSSR count). The Morgan fingerprint density at radius 2 is 1.66 bits per heavy atom. The smallest absolute Gasteiger partial charge is 0.365 e. The number of halogens is 4. The van der Waals surface area contributed by atoms with Gasteiger partial charge in [-0.3, -0.25) is 14.6 Å². The summed E-state index contributed by atoms with van der Waals surface area (Å²) < 4.78 is 53.1. The lowest BCUT2D eigenvalue weighted by atomic mass is 9.91. The van der Waals surface area contributed by atoms with Crippen LogP contribution in [-0.4, -0.2) is 33.9 Å². The van der Waals surface area contributed by atoms with E-state index in [0.717, 1.165) is 56.0 Å². The fourth-order valence-corrected chi connectivity index (χ4v) is 4.11. The van der Waals surface area contributed by atoms with Crippen LogP contribution < -0.4 is 27.4 Å². The molecule has 0 radical (unpaired) electrons. The lowest BCUT2D eigenvalue weighted by molar-refractivity contribution is -0.137. The molecule has 9 nitrogen and oxygen atoms in total. The highest BCUT2D eigenvalue weighted by atomic mass is 19.4. The van der Waals surface area contributed by atoms with Gasteiger partial charge in [0.05, 0.1) is 34.9 Å². The second-order valence-electron chi connectivity index (χ2n) is 8.89. The fraction of sp³-hybridized carbons (Fsp3) is 0.280. The van der Waals surface area contributed by atoms with E-state index in [-0.39, 0.29) is 46.2 Å². The van der Waals surface area contributed by atoms with Crippen molar-refractivity contribution in [2.75, 3.05) is 16.0 Å². The molecule has 2 amide bonds. The monoisotopic (exact) mass is 531 g/mol. The molecular formula is C25H25F4N7O2. The Labute approximate surface area is 215 Å². The van der Waals surface area contributed by atoms with Crippen molar-refractivity contribution in [2.45, 2.75) is 43.9 Å². The predicted molar refractivity (Wildman–Crippen MR) is 133 cm³/mol. The van der Waals surface area contributed by atoms with E-state index >= 15 is 0 Å². The van der Waals surface area contributed by atoms with Crippen molar-refractivity contribution in [3.05, 3.63) is 71.3 Å². The molecule has 13 heteroatoms. The zero-order valence-corrected chi connectivity index (χ0v) is 20.0. The van der Waals surface area contributed by atoms with Crippen LogP contribution in [0.1, 0.15) is 52.0 Å². The highest BCUT2D eigenvalue weighted by Crippen LogP contribution is 2.30. The summed E-state index contributed by atoms with van der Waals surface area (Å²) in [6.45, 7) is 0. The number of primary amides is 1. The van der Waals surface area contributed by atoms with Crippen LogP contribution in [0, 0.1) is 5.82 Å². The summed E-state index contributed by atoms with van der Waals surface area (Å²) in [4.78, 5) is 32.7. The number of carbonyl (C=O) groups excluding carboxylic acids is 2. The topological polar surface area (TPSA) is 148 Å². The Kier molecular flexibility index (Phi) is 7.76. The second kappa shape index (κ2) is 11.0. The fourth-order valence-electron chi connectivity index (χ4n) is 4.11. The minimum atomic E-state index is -4.52. The molecule has 1 saturated carbocycles. The molecule has 2 aromatic heterocycles. The largest absolute Gasteiger partial charge is 0.416 e. The maximum absolute atomic E-state index is 14.7. The molecule has 0 bridgehead atoms. The van der Waals surface area contributed by atoms with Crippen LogP contribution in [-0.2, 0) is 6.18 Å². The van der Waals surface area contributed by atoms with Gasteiger partial charge in [0.1, 0.15) is 5.82 Å². The Morgan fingerprint density at radius 3 is 2.32 bits per heavy atom. The van der Waals surface area contributed by atoms with Crippen LogP contribution in [0.25, 0.3) is 0 Å². The van der Waals surface area contributed by atoms with Gasteiger partial charge in [0.25, 0.3) is 11.8 Å². The molecule has 38 heavy (non-hydrogen) atoms. The number of hydrogen-bond acceptors (Lipinski definition) is 7. The van der Waals surface area contributed by atoms with E-state index in [4.69, 9.17) is 11.5 Å². The van der Waals surface area contributed by atoms with Crippen molar-refractivity contribution in [1.29, 1.82) is 0 Å². The van der Waals surface area contributed by atoms with Crippen molar-refractivity contribution in [3.8, 4) is 0 Å². The second-order valence-corrected chi connectivity index (χ2v) is 8.89. The number of anilines is 4. The number of amides is 2. The van der Waals surface area contributed by atoms with E-state index in [1.165, 1.54) is 18.5 Å². The number of aromatic nitrogens is 2. The first-order valence-electron chi connectivity index (χ1n) is 11.7. The van der Waals surface area contributed by atoms with Gasteiger partial charge in [-0.1, -0.05) is 12.8 Å². The number of alkyl halides is 3. The van der Waals surface area contributed by atoms with Crippen LogP contribution in [0.4, 0.5) is 40.6 Å². The van der Waals surface area contributed by atoms with Crippen molar-refractivity contribution in [3.63, 3.8) is 0 Å². The van der Waals surface area contributed by atoms with Gasteiger partial charge in [0.15, 0.2) is 11.6 Å². The number of nitrogens with zero attached hydrogens (tertiary/aromatic N) is 2. The van der Waals surface area contributed by atoms with Crippen LogP contribution >= 0.6 is 0 Å². The molecule has 3 aromatic rings. The van der Waals surface area contributed by atoms with Crippen molar-refractivity contribution < 1.29 is 27.2 Å².